The Morgan fingerprint density at radius 2 is 1.90 bits per heavy atom. The molecule has 1 aromatic carbocycles. The molecule has 0 aliphatic rings. The highest BCUT2D eigenvalue weighted by atomic mass is 32.2. The van der Waals surface area contributed by atoms with Gasteiger partial charge in [-0.3, -0.25) is 4.79 Å². The first-order chi connectivity index (χ1) is 9.65. The minimum absolute atomic E-state index is 0.190. The fourth-order valence-corrected chi connectivity index (χ4v) is 2.36. The fourth-order valence-electron chi connectivity index (χ4n) is 1.74. The minimum Gasteiger partial charge on any atom is -0.493 e. The van der Waals surface area contributed by atoms with Crippen molar-refractivity contribution in [3.63, 3.8) is 0 Å². The van der Waals surface area contributed by atoms with Gasteiger partial charge in [0.15, 0.2) is 11.5 Å². The number of ether oxygens (including phenoxy) is 3. The Hall–Kier alpha value is -1.40. The molecule has 0 aliphatic carbocycles. The summed E-state index contributed by atoms with van der Waals surface area (Å²) in [6, 6.07) is 3.85. The second kappa shape index (κ2) is 8.71. The van der Waals surface area contributed by atoms with E-state index in [0.717, 1.165) is 10.5 Å². The molecule has 112 valence electrons. The van der Waals surface area contributed by atoms with Crippen LogP contribution >= 0.6 is 11.8 Å². The van der Waals surface area contributed by atoms with Gasteiger partial charge in [-0.25, -0.2) is 0 Å². The highest BCUT2D eigenvalue weighted by Gasteiger charge is 2.11. The molecular formula is C14H21NO4S. The van der Waals surface area contributed by atoms with Crippen LogP contribution in [0.4, 0.5) is 0 Å². The molecular weight excluding hydrogens is 278 g/mol. The predicted octanol–water partition coefficient (Wildman–Crippen LogP) is 2.08. The van der Waals surface area contributed by atoms with Gasteiger partial charge in [-0.05, 0) is 30.9 Å². The van der Waals surface area contributed by atoms with Gasteiger partial charge < -0.3 is 19.5 Å². The van der Waals surface area contributed by atoms with Gasteiger partial charge in [-0.15, -0.1) is 11.8 Å². The first-order valence-corrected chi connectivity index (χ1v) is 7.53. The number of thioether (sulfide) groups is 1. The van der Waals surface area contributed by atoms with E-state index in [4.69, 9.17) is 14.2 Å². The van der Waals surface area contributed by atoms with E-state index in [-0.39, 0.29) is 12.5 Å². The highest BCUT2D eigenvalue weighted by Crippen LogP contribution is 2.34. The molecule has 0 fully saturated rings. The molecule has 0 saturated heterocycles. The van der Waals surface area contributed by atoms with Crippen LogP contribution in [0.15, 0.2) is 17.0 Å². The zero-order valence-corrected chi connectivity index (χ0v) is 13.1. The summed E-state index contributed by atoms with van der Waals surface area (Å²) in [7, 11) is 3.22. The van der Waals surface area contributed by atoms with E-state index >= 15 is 0 Å². The molecule has 1 N–H and O–H groups in total. The van der Waals surface area contributed by atoms with Gasteiger partial charge in [0.1, 0.15) is 0 Å². The second-order valence-electron chi connectivity index (χ2n) is 3.93. The van der Waals surface area contributed by atoms with Gasteiger partial charge in [-0.2, -0.15) is 0 Å². The standard InChI is InChI=1S/C14H21NO4S/c1-5-19-14(16)9-15-8-10-6-11(17-2)12(18-3)7-13(10)20-4/h6-7,15H,5,8-9H2,1-4H3. The number of hydrogen-bond acceptors (Lipinski definition) is 6. The lowest BCUT2D eigenvalue weighted by molar-refractivity contribution is -0.142. The number of benzene rings is 1. The van der Waals surface area contributed by atoms with Crippen LogP contribution in [-0.2, 0) is 16.1 Å². The van der Waals surface area contributed by atoms with Crippen molar-refractivity contribution in [1.29, 1.82) is 0 Å². The van der Waals surface area contributed by atoms with Crippen LogP contribution in [0, 0.1) is 0 Å². The minimum atomic E-state index is -0.251. The van der Waals surface area contributed by atoms with Gasteiger partial charge >= 0.3 is 5.97 Å². The zero-order chi connectivity index (χ0) is 15.0. The van der Waals surface area contributed by atoms with Gasteiger partial charge in [-0.1, -0.05) is 0 Å². The molecule has 6 heteroatoms. The average Bonchev–Trinajstić information content (AvgIpc) is 2.46. The molecule has 5 nitrogen and oxygen atoms in total. The van der Waals surface area contributed by atoms with Crippen molar-refractivity contribution in [3.8, 4) is 11.5 Å². The fraction of sp³-hybridized carbons (Fsp3) is 0.500. The van der Waals surface area contributed by atoms with E-state index in [2.05, 4.69) is 5.32 Å². The van der Waals surface area contributed by atoms with Gasteiger partial charge in [0.05, 0.1) is 27.4 Å². The number of nitrogens with one attached hydrogen (secondary N) is 1. The molecule has 0 atom stereocenters. The van der Waals surface area contributed by atoms with Crippen LogP contribution in [0.25, 0.3) is 0 Å². The molecule has 0 spiro atoms. The molecule has 0 aromatic heterocycles. The topological polar surface area (TPSA) is 56.8 Å². The largest absolute Gasteiger partial charge is 0.493 e. The van der Waals surface area contributed by atoms with Gasteiger partial charge in [0, 0.05) is 11.4 Å². The SMILES string of the molecule is CCOC(=O)CNCc1cc(OC)c(OC)cc1SC. The van der Waals surface area contributed by atoms with Crippen LogP contribution in [-0.4, -0.2) is 39.6 Å². The molecule has 0 radical (unpaired) electrons. The van der Waals surface area contributed by atoms with Crippen molar-refractivity contribution in [1.82, 2.24) is 5.32 Å². The van der Waals surface area contributed by atoms with Crippen LogP contribution < -0.4 is 14.8 Å². The van der Waals surface area contributed by atoms with Crippen molar-refractivity contribution in [2.75, 3.05) is 33.6 Å². The quantitative estimate of drug-likeness (QED) is 0.586. The normalized spacial score (nSPS) is 10.2. The molecule has 20 heavy (non-hydrogen) atoms. The summed E-state index contributed by atoms with van der Waals surface area (Å²) < 4.78 is 15.4. The second-order valence-corrected chi connectivity index (χ2v) is 4.78. The molecule has 1 aromatic rings. The summed E-state index contributed by atoms with van der Waals surface area (Å²) in [6.45, 7) is 2.94. The Balaban J connectivity index is 2.75. The van der Waals surface area contributed by atoms with E-state index < -0.39 is 0 Å². The highest BCUT2D eigenvalue weighted by molar-refractivity contribution is 7.98. The van der Waals surface area contributed by atoms with E-state index in [1.165, 1.54) is 0 Å². The van der Waals surface area contributed by atoms with Crippen LogP contribution in [0.5, 0.6) is 11.5 Å². The Kier molecular flexibility index (Phi) is 7.25. The van der Waals surface area contributed by atoms with E-state index in [9.17, 15) is 4.79 Å². The third kappa shape index (κ3) is 4.61. The van der Waals surface area contributed by atoms with Crippen molar-refractivity contribution in [3.05, 3.63) is 17.7 Å². The third-order valence-corrected chi connectivity index (χ3v) is 3.50. The maximum atomic E-state index is 11.3. The first kappa shape index (κ1) is 16.7. The van der Waals surface area contributed by atoms with E-state index in [0.29, 0.717) is 24.7 Å². The van der Waals surface area contributed by atoms with Crippen LogP contribution in [0.3, 0.4) is 0 Å². The average molecular weight is 299 g/mol. The summed E-state index contributed by atoms with van der Waals surface area (Å²) in [5, 5.41) is 3.07. The number of hydrogen-bond donors (Lipinski definition) is 1. The molecule has 0 amide bonds. The molecule has 0 unspecified atom stereocenters. The van der Waals surface area contributed by atoms with Gasteiger partial charge in [0.25, 0.3) is 0 Å². The molecule has 0 heterocycles. The van der Waals surface area contributed by atoms with Crippen molar-refractivity contribution < 1.29 is 19.0 Å². The monoisotopic (exact) mass is 299 g/mol. The van der Waals surface area contributed by atoms with Crippen molar-refractivity contribution in [2.24, 2.45) is 0 Å². The smallest absolute Gasteiger partial charge is 0.319 e. The maximum absolute atomic E-state index is 11.3. The number of esters is 1. The predicted molar refractivity (Wildman–Crippen MR) is 79.7 cm³/mol. The number of carbonyl (C=O) groups excluding carboxylic acids is 1. The Labute approximate surface area is 124 Å². The number of methoxy groups -OCH3 is 2. The van der Waals surface area contributed by atoms with Crippen LogP contribution in [0.2, 0.25) is 0 Å². The van der Waals surface area contributed by atoms with E-state index in [1.807, 2.05) is 18.4 Å². The summed E-state index contributed by atoms with van der Waals surface area (Å²) in [5.41, 5.74) is 1.06. The number of rotatable bonds is 8. The van der Waals surface area contributed by atoms with Gasteiger partial charge in [0.2, 0.25) is 0 Å². The van der Waals surface area contributed by atoms with E-state index in [1.54, 1.807) is 32.9 Å². The maximum Gasteiger partial charge on any atom is 0.319 e. The summed E-state index contributed by atoms with van der Waals surface area (Å²) in [6.07, 6.45) is 2.00. The summed E-state index contributed by atoms with van der Waals surface area (Å²) in [4.78, 5) is 12.4. The Bertz CT molecular complexity index is 451. The van der Waals surface area contributed by atoms with Crippen molar-refractivity contribution >= 4 is 17.7 Å². The lowest BCUT2D eigenvalue weighted by Gasteiger charge is -2.14. The summed E-state index contributed by atoms with van der Waals surface area (Å²) >= 11 is 1.62. The van der Waals surface area contributed by atoms with Crippen molar-refractivity contribution in [2.45, 2.75) is 18.4 Å². The third-order valence-electron chi connectivity index (χ3n) is 2.68. The Morgan fingerprint density at radius 3 is 2.45 bits per heavy atom. The molecule has 0 aliphatic heterocycles. The lowest BCUT2D eigenvalue weighted by atomic mass is 10.2. The molecule has 1 rings (SSSR count). The first-order valence-electron chi connectivity index (χ1n) is 6.31. The summed E-state index contributed by atoms with van der Waals surface area (Å²) in [5.74, 6) is 1.13. The molecule has 0 bridgehead atoms. The van der Waals surface area contributed by atoms with Crippen LogP contribution in [0.1, 0.15) is 12.5 Å². The zero-order valence-electron chi connectivity index (χ0n) is 12.3. The Morgan fingerprint density at radius 1 is 1.25 bits per heavy atom. The lowest BCUT2D eigenvalue weighted by Crippen LogP contribution is -2.24. The molecule has 0 saturated carbocycles. The number of carbonyl (C=O) groups is 1.